The van der Waals surface area contributed by atoms with E-state index in [-0.39, 0.29) is 18.9 Å². The van der Waals surface area contributed by atoms with Crippen molar-refractivity contribution in [1.82, 2.24) is 4.98 Å². The van der Waals surface area contributed by atoms with Gasteiger partial charge in [-0.2, -0.15) is 0 Å². The Kier molecular flexibility index (Phi) is 5.10. The molecule has 0 fully saturated rings. The lowest BCUT2D eigenvalue weighted by atomic mass is 10.0. The minimum atomic E-state index is -0.956. The Balaban J connectivity index is 1.46. The lowest BCUT2D eigenvalue weighted by molar-refractivity contribution is -0.138. The molecule has 1 aliphatic heterocycles. The Morgan fingerprint density at radius 2 is 1.90 bits per heavy atom. The summed E-state index contributed by atoms with van der Waals surface area (Å²) in [5, 5.41) is 9.89. The molecule has 1 amide bonds. The fourth-order valence-corrected chi connectivity index (χ4v) is 4.35. The van der Waals surface area contributed by atoms with Crippen LogP contribution in [0.1, 0.15) is 22.8 Å². The summed E-state index contributed by atoms with van der Waals surface area (Å²) in [6, 6.07) is 10.2. The van der Waals surface area contributed by atoms with E-state index < -0.39 is 23.5 Å². The largest absolute Gasteiger partial charge is 0.481 e. The third-order valence-corrected chi connectivity index (χ3v) is 5.92. The maximum absolute atomic E-state index is 13.4. The number of carbonyl (C=O) groups is 2. The van der Waals surface area contributed by atoms with Crippen LogP contribution in [0.25, 0.3) is 10.6 Å². The van der Waals surface area contributed by atoms with Gasteiger partial charge in [-0.3, -0.25) is 9.59 Å². The number of amides is 1. The van der Waals surface area contributed by atoms with E-state index in [2.05, 4.69) is 4.98 Å². The number of carboxylic acids is 1. The van der Waals surface area contributed by atoms with Crippen molar-refractivity contribution in [2.24, 2.45) is 0 Å². The van der Waals surface area contributed by atoms with Gasteiger partial charge in [0.2, 0.25) is 5.91 Å². The second kappa shape index (κ2) is 7.71. The molecule has 1 unspecified atom stereocenters. The van der Waals surface area contributed by atoms with Gasteiger partial charge >= 0.3 is 5.97 Å². The third-order valence-electron chi connectivity index (χ3n) is 4.82. The van der Waals surface area contributed by atoms with Crippen LogP contribution in [0.4, 0.5) is 14.5 Å². The standard InChI is InChI=1S/C21H16F2N2O3S/c22-13-7-12(8-14(23)9-13)20-24-10-15(29-20)5-6-19(26)25-11-17(21(27)28)16-3-1-2-4-18(16)25/h1-4,7-10,17H,5-6,11H2,(H,27,28). The van der Waals surface area contributed by atoms with Gasteiger partial charge in [0.05, 0.1) is 0 Å². The molecule has 8 heteroatoms. The summed E-state index contributed by atoms with van der Waals surface area (Å²) in [5.74, 6) is -3.21. The molecule has 0 saturated heterocycles. The summed E-state index contributed by atoms with van der Waals surface area (Å²) < 4.78 is 26.8. The first-order chi connectivity index (χ1) is 13.9. The Morgan fingerprint density at radius 3 is 2.62 bits per heavy atom. The van der Waals surface area contributed by atoms with Crippen LogP contribution in [0.2, 0.25) is 0 Å². The molecule has 2 aromatic carbocycles. The van der Waals surface area contributed by atoms with Gasteiger partial charge in [0.15, 0.2) is 0 Å². The molecule has 0 radical (unpaired) electrons. The molecular formula is C21H16F2N2O3S. The number of rotatable bonds is 5. The smallest absolute Gasteiger partial charge is 0.312 e. The number of halogens is 2. The zero-order chi connectivity index (χ0) is 20.5. The van der Waals surface area contributed by atoms with E-state index in [9.17, 15) is 23.5 Å². The Labute approximate surface area is 169 Å². The first kappa shape index (κ1) is 19.2. The number of benzene rings is 2. The fraction of sp³-hybridized carbons (Fsp3) is 0.190. The first-order valence-corrected chi connectivity index (χ1v) is 9.77. The van der Waals surface area contributed by atoms with Crippen molar-refractivity contribution in [2.45, 2.75) is 18.8 Å². The number of fused-ring (bicyclic) bond motifs is 1. The second-order valence-electron chi connectivity index (χ2n) is 6.74. The van der Waals surface area contributed by atoms with Gasteiger partial charge in [-0.15, -0.1) is 11.3 Å². The predicted molar refractivity (Wildman–Crippen MR) is 105 cm³/mol. The normalized spacial score (nSPS) is 15.4. The highest BCUT2D eigenvalue weighted by molar-refractivity contribution is 7.15. The SMILES string of the molecule is O=C(O)C1CN(C(=O)CCc2cnc(-c3cc(F)cc(F)c3)s2)c2ccccc21. The van der Waals surface area contributed by atoms with E-state index in [1.807, 2.05) is 0 Å². The maximum atomic E-state index is 13.4. The molecule has 0 spiro atoms. The number of hydrogen-bond donors (Lipinski definition) is 1. The van der Waals surface area contributed by atoms with Crippen LogP contribution in [0, 0.1) is 11.6 Å². The van der Waals surface area contributed by atoms with Crippen LogP contribution in [-0.4, -0.2) is 28.5 Å². The summed E-state index contributed by atoms with van der Waals surface area (Å²) >= 11 is 1.27. The van der Waals surface area contributed by atoms with Crippen LogP contribution in [-0.2, 0) is 16.0 Å². The lowest BCUT2D eigenvalue weighted by Crippen LogP contribution is -2.31. The fourth-order valence-electron chi connectivity index (χ4n) is 3.45. The molecule has 2 heterocycles. The average Bonchev–Trinajstić information content (AvgIpc) is 3.30. The van der Waals surface area contributed by atoms with E-state index in [1.165, 1.54) is 28.4 Å². The van der Waals surface area contributed by atoms with Gasteiger partial charge in [0, 0.05) is 41.4 Å². The van der Waals surface area contributed by atoms with Crippen molar-refractivity contribution in [3.8, 4) is 10.6 Å². The number of aromatic nitrogens is 1. The van der Waals surface area contributed by atoms with E-state index >= 15 is 0 Å². The minimum Gasteiger partial charge on any atom is -0.481 e. The van der Waals surface area contributed by atoms with E-state index in [0.717, 1.165) is 10.9 Å². The molecule has 29 heavy (non-hydrogen) atoms. The van der Waals surface area contributed by atoms with Crippen LogP contribution in [0.3, 0.4) is 0 Å². The summed E-state index contributed by atoms with van der Waals surface area (Å²) in [7, 11) is 0. The molecule has 1 atom stereocenters. The molecule has 3 aromatic rings. The van der Waals surface area contributed by atoms with Crippen LogP contribution >= 0.6 is 11.3 Å². The quantitative estimate of drug-likeness (QED) is 0.678. The zero-order valence-electron chi connectivity index (χ0n) is 15.1. The Hall–Kier alpha value is -3.13. The molecule has 0 saturated carbocycles. The van der Waals surface area contributed by atoms with Gasteiger partial charge in [-0.1, -0.05) is 18.2 Å². The van der Waals surface area contributed by atoms with Crippen molar-refractivity contribution in [2.75, 3.05) is 11.4 Å². The highest BCUT2D eigenvalue weighted by Crippen LogP contribution is 2.37. The molecule has 5 nitrogen and oxygen atoms in total. The predicted octanol–water partition coefficient (Wildman–Crippen LogP) is 4.24. The molecular weight excluding hydrogens is 398 g/mol. The van der Waals surface area contributed by atoms with Crippen molar-refractivity contribution >= 4 is 28.9 Å². The molecule has 0 aliphatic carbocycles. The lowest BCUT2D eigenvalue weighted by Gasteiger charge is -2.17. The Morgan fingerprint density at radius 1 is 1.17 bits per heavy atom. The van der Waals surface area contributed by atoms with Crippen molar-refractivity contribution in [3.63, 3.8) is 0 Å². The molecule has 0 bridgehead atoms. The first-order valence-electron chi connectivity index (χ1n) is 8.95. The van der Waals surface area contributed by atoms with Gasteiger partial charge in [0.1, 0.15) is 22.6 Å². The third kappa shape index (κ3) is 3.88. The number of hydrogen-bond acceptors (Lipinski definition) is 4. The number of aryl methyl sites for hydroxylation is 1. The van der Waals surface area contributed by atoms with Gasteiger partial charge in [-0.05, 0) is 30.2 Å². The van der Waals surface area contributed by atoms with Gasteiger partial charge in [-0.25, -0.2) is 13.8 Å². The number of nitrogens with zero attached hydrogens (tertiary/aromatic N) is 2. The molecule has 1 N–H and O–H groups in total. The van der Waals surface area contributed by atoms with Crippen molar-refractivity contribution in [1.29, 1.82) is 0 Å². The van der Waals surface area contributed by atoms with Crippen LogP contribution in [0.15, 0.2) is 48.7 Å². The van der Waals surface area contributed by atoms with E-state index in [1.54, 1.807) is 30.5 Å². The summed E-state index contributed by atoms with van der Waals surface area (Å²) in [5.41, 5.74) is 1.62. The molecule has 4 rings (SSSR count). The highest BCUT2D eigenvalue weighted by Gasteiger charge is 2.35. The van der Waals surface area contributed by atoms with Crippen molar-refractivity contribution in [3.05, 3.63) is 70.7 Å². The van der Waals surface area contributed by atoms with Crippen LogP contribution in [0.5, 0.6) is 0 Å². The Bertz CT molecular complexity index is 1080. The topological polar surface area (TPSA) is 70.5 Å². The van der Waals surface area contributed by atoms with Gasteiger partial charge < -0.3 is 10.0 Å². The maximum Gasteiger partial charge on any atom is 0.312 e. The molecule has 148 valence electrons. The molecule has 1 aromatic heterocycles. The van der Waals surface area contributed by atoms with Crippen LogP contribution < -0.4 is 4.90 Å². The summed E-state index contributed by atoms with van der Waals surface area (Å²) in [6.07, 6.45) is 2.18. The highest BCUT2D eigenvalue weighted by atomic mass is 32.1. The number of anilines is 1. The zero-order valence-corrected chi connectivity index (χ0v) is 16.0. The van der Waals surface area contributed by atoms with Gasteiger partial charge in [0.25, 0.3) is 0 Å². The summed E-state index contributed by atoms with van der Waals surface area (Å²) in [6.45, 7) is 0.115. The number of para-hydroxylation sites is 1. The number of carbonyl (C=O) groups excluding carboxylic acids is 1. The average molecular weight is 414 g/mol. The van der Waals surface area contributed by atoms with E-state index in [0.29, 0.717) is 28.2 Å². The number of aliphatic carboxylic acids is 1. The molecule has 1 aliphatic rings. The number of carboxylic acid groups (broad SMARTS) is 1. The van der Waals surface area contributed by atoms with Crippen molar-refractivity contribution < 1.29 is 23.5 Å². The summed E-state index contributed by atoms with van der Waals surface area (Å²) in [4.78, 5) is 30.7. The second-order valence-corrected chi connectivity index (χ2v) is 7.86. The monoisotopic (exact) mass is 414 g/mol. The number of thiazole rings is 1. The van der Waals surface area contributed by atoms with E-state index in [4.69, 9.17) is 0 Å². The minimum absolute atomic E-state index is 0.115.